The van der Waals surface area contributed by atoms with Crippen LogP contribution in [0.4, 0.5) is 4.79 Å². The van der Waals surface area contributed by atoms with Gasteiger partial charge in [-0.05, 0) is 32.1 Å². The van der Waals surface area contributed by atoms with Crippen molar-refractivity contribution in [2.75, 3.05) is 26.2 Å². The molecule has 1 aliphatic carbocycles. The molecule has 1 saturated heterocycles. The number of amides is 3. The van der Waals surface area contributed by atoms with Gasteiger partial charge in [0.05, 0.1) is 12.0 Å². The van der Waals surface area contributed by atoms with Crippen molar-refractivity contribution in [2.24, 2.45) is 5.41 Å². The van der Waals surface area contributed by atoms with E-state index in [1.807, 2.05) is 0 Å². The van der Waals surface area contributed by atoms with Gasteiger partial charge in [0.15, 0.2) is 0 Å². The number of rotatable bonds is 5. The van der Waals surface area contributed by atoms with Crippen molar-refractivity contribution in [1.82, 2.24) is 15.5 Å². The van der Waals surface area contributed by atoms with Crippen LogP contribution in [-0.4, -0.2) is 54.1 Å². The third-order valence-corrected chi connectivity index (χ3v) is 4.00. The largest absolute Gasteiger partial charge is 0.481 e. The summed E-state index contributed by atoms with van der Waals surface area (Å²) in [6.07, 6.45) is 4.36. The highest BCUT2D eigenvalue weighted by atomic mass is 16.4. The highest BCUT2D eigenvalue weighted by molar-refractivity contribution is 5.84. The van der Waals surface area contributed by atoms with Crippen molar-refractivity contribution in [3.8, 4) is 0 Å². The molecule has 7 heteroatoms. The molecular formula is C13H21N3O4. The standard InChI is InChI=1S/C13H21N3O4/c17-10(16-6-2-1-3-7-16)8-14-12(20)15-9-13(4-5-13)11(18)19/h1-9H2,(H,18,19)(H2,14,15,20). The molecule has 0 radical (unpaired) electrons. The first-order valence-corrected chi connectivity index (χ1v) is 7.06. The van der Waals surface area contributed by atoms with Gasteiger partial charge in [0, 0.05) is 19.6 Å². The lowest BCUT2D eigenvalue weighted by atomic mass is 10.1. The van der Waals surface area contributed by atoms with Crippen LogP contribution in [0.1, 0.15) is 32.1 Å². The van der Waals surface area contributed by atoms with Gasteiger partial charge in [-0.1, -0.05) is 0 Å². The molecule has 0 unspecified atom stereocenters. The average molecular weight is 283 g/mol. The molecule has 0 atom stereocenters. The maximum Gasteiger partial charge on any atom is 0.315 e. The lowest BCUT2D eigenvalue weighted by Gasteiger charge is -2.26. The Balaban J connectivity index is 1.65. The van der Waals surface area contributed by atoms with E-state index in [0.717, 1.165) is 32.4 Å². The smallest absolute Gasteiger partial charge is 0.315 e. The fourth-order valence-electron chi connectivity index (χ4n) is 2.34. The quantitative estimate of drug-likeness (QED) is 0.669. The number of hydrogen-bond donors (Lipinski definition) is 3. The Morgan fingerprint density at radius 2 is 1.70 bits per heavy atom. The number of carboxylic acid groups (broad SMARTS) is 1. The van der Waals surface area contributed by atoms with Gasteiger partial charge in [-0.15, -0.1) is 0 Å². The molecule has 1 aliphatic heterocycles. The second kappa shape index (κ2) is 6.11. The summed E-state index contributed by atoms with van der Waals surface area (Å²) in [7, 11) is 0. The van der Waals surface area contributed by atoms with Crippen LogP contribution in [0.2, 0.25) is 0 Å². The van der Waals surface area contributed by atoms with Crippen LogP contribution in [0.3, 0.4) is 0 Å². The first kappa shape index (κ1) is 14.6. The Labute approximate surface area is 117 Å². The van der Waals surface area contributed by atoms with E-state index in [2.05, 4.69) is 10.6 Å². The van der Waals surface area contributed by atoms with E-state index in [9.17, 15) is 14.4 Å². The highest BCUT2D eigenvalue weighted by Crippen LogP contribution is 2.45. The second-order valence-electron chi connectivity index (χ2n) is 5.56. The summed E-state index contributed by atoms with van der Waals surface area (Å²) in [6, 6.07) is -0.483. The van der Waals surface area contributed by atoms with Crippen molar-refractivity contribution >= 4 is 17.9 Å². The molecule has 0 aromatic rings. The molecule has 112 valence electrons. The number of nitrogens with zero attached hydrogens (tertiary/aromatic N) is 1. The van der Waals surface area contributed by atoms with E-state index >= 15 is 0 Å². The van der Waals surface area contributed by atoms with E-state index in [0.29, 0.717) is 12.8 Å². The summed E-state index contributed by atoms with van der Waals surface area (Å²) < 4.78 is 0. The molecule has 1 saturated carbocycles. The van der Waals surface area contributed by atoms with Gasteiger partial charge in [-0.2, -0.15) is 0 Å². The first-order chi connectivity index (χ1) is 9.53. The fourth-order valence-corrected chi connectivity index (χ4v) is 2.34. The van der Waals surface area contributed by atoms with Gasteiger partial charge < -0.3 is 20.6 Å². The van der Waals surface area contributed by atoms with E-state index in [1.54, 1.807) is 4.90 Å². The first-order valence-electron chi connectivity index (χ1n) is 7.06. The van der Waals surface area contributed by atoms with Crippen molar-refractivity contribution in [3.05, 3.63) is 0 Å². The Kier molecular flexibility index (Phi) is 4.46. The minimum atomic E-state index is -0.873. The van der Waals surface area contributed by atoms with Crippen molar-refractivity contribution < 1.29 is 19.5 Å². The lowest BCUT2D eigenvalue weighted by molar-refractivity contribution is -0.143. The minimum absolute atomic E-state index is 0.0358. The van der Waals surface area contributed by atoms with Crippen molar-refractivity contribution in [1.29, 1.82) is 0 Å². The van der Waals surface area contributed by atoms with Gasteiger partial charge in [-0.25, -0.2) is 4.79 Å². The molecule has 2 aliphatic rings. The fraction of sp³-hybridized carbons (Fsp3) is 0.769. The number of aliphatic carboxylic acids is 1. The summed E-state index contributed by atoms with van der Waals surface area (Å²) in [4.78, 5) is 36.0. The minimum Gasteiger partial charge on any atom is -0.481 e. The zero-order valence-corrected chi connectivity index (χ0v) is 11.5. The summed E-state index contributed by atoms with van der Waals surface area (Å²) in [5.74, 6) is -0.957. The van der Waals surface area contributed by atoms with Crippen LogP contribution in [0.15, 0.2) is 0 Å². The van der Waals surface area contributed by atoms with Gasteiger partial charge >= 0.3 is 12.0 Å². The van der Waals surface area contributed by atoms with Crippen LogP contribution in [0, 0.1) is 5.41 Å². The molecular weight excluding hydrogens is 262 g/mol. The van der Waals surface area contributed by atoms with Crippen LogP contribution in [-0.2, 0) is 9.59 Å². The summed E-state index contributed by atoms with van der Waals surface area (Å²) in [6.45, 7) is 1.59. The zero-order chi connectivity index (χ0) is 14.6. The molecule has 2 rings (SSSR count). The third kappa shape index (κ3) is 3.61. The maximum atomic E-state index is 11.8. The van der Waals surface area contributed by atoms with Crippen LogP contribution >= 0.6 is 0 Å². The Hall–Kier alpha value is -1.79. The molecule has 3 amide bonds. The van der Waals surface area contributed by atoms with E-state index in [4.69, 9.17) is 5.11 Å². The SMILES string of the molecule is O=C(NCC(=O)N1CCCCC1)NCC1(C(=O)O)CC1. The third-order valence-electron chi connectivity index (χ3n) is 4.00. The monoisotopic (exact) mass is 283 g/mol. The number of urea groups is 1. The highest BCUT2D eigenvalue weighted by Gasteiger charge is 2.50. The molecule has 3 N–H and O–H groups in total. The molecule has 20 heavy (non-hydrogen) atoms. The van der Waals surface area contributed by atoms with Gasteiger partial charge in [0.2, 0.25) is 5.91 Å². The van der Waals surface area contributed by atoms with Crippen LogP contribution < -0.4 is 10.6 Å². The van der Waals surface area contributed by atoms with Gasteiger partial charge in [-0.3, -0.25) is 9.59 Å². The molecule has 1 heterocycles. The number of carboxylic acids is 1. The van der Waals surface area contributed by atoms with E-state index in [-0.39, 0.29) is 19.0 Å². The molecule has 0 aromatic carbocycles. The molecule has 0 aromatic heterocycles. The van der Waals surface area contributed by atoms with Crippen LogP contribution in [0.5, 0.6) is 0 Å². The number of likely N-dealkylation sites (tertiary alicyclic amines) is 1. The van der Waals surface area contributed by atoms with Gasteiger partial charge in [0.25, 0.3) is 0 Å². The average Bonchev–Trinajstić information content (AvgIpc) is 3.25. The van der Waals surface area contributed by atoms with E-state index in [1.165, 1.54) is 0 Å². The number of carbonyl (C=O) groups excluding carboxylic acids is 2. The van der Waals surface area contributed by atoms with E-state index < -0.39 is 17.4 Å². The van der Waals surface area contributed by atoms with Crippen LogP contribution in [0.25, 0.3) is 0 Å². The summed E-state index contributed by atoms with van der Waals surface area (Å²) >= 11 is 0. The predicted molar refractivity (Wildman–Crippen MR) is 71.1 cm³/mol. The molecule has 2 fully saturated rings. The Bertz CT molecular complexity index is 400. The molecule has 0 bridgehead atoms. The van der Waals surface area contributed by atoms with Crippen molar-refractivity contribution in [2.45, 2.75) is 32.1 Å². The zero-order valence-electron chi connectivity index (χ0n) is 11.5. The molecule has 0 spiro atoms. The number of hydrogen-bond acceptors (Lipinski definition) is 3. The maximum absolute atomic E-state index is 11.8. The molecule has 7 nitrogen and oxygen atoms in total. The number of piperidine rings is 1. The Morgan fingerprint density at radius 1 is 1.05 bits per heavy atom. The Morgan fingerprint density at radius 3 is 2.25 bits per heavy atom. The normalized spacial score (nSPS) is 20.1. The summed E-state index contributed by atoms with van der Waals surface area (Å²) in [5.41, 5.74) is -0.784. The number of nitrogens with one attached hydrogen (secondary N) is 2. The lowest BCUT2D eigenvalue weighted by Crippen LogP contribution is -2.46. The topological polar surface area (TPSA) is 98.7 Å². The van der Waals surface area contributed by atoms with Crippen molar-refractivity contribution in [3.63, 3.8) is 0 Å². The van der Waals surface area contributed by atoms with Gasteiger partial charge in [0.1, 0.15) is 0 Å². The number of carbonyl (C=O) groups is 3. The second-order valence-corrected chi connectivity index (χ2v) is 5.56. The summed E-state index contributed by atoms with van der Waals surface area (Å²) in [5, 5.41) is 14.0. The predicted octanol–water partition coefficient (Wildman–Crippen LogP) is 0.163.